The molecule has 1 aliphatic heterocycles. The van der Waals surface area contributed by atoms with Gasteiger partial charge >= 0.3 is 5.97 Å². The molecule has 0 radical (unpaired) electrons. The zero-order valence-electron chi connectivity index (χ0n) is 14.4. The van der Waals surface area contributed by atoms with E-state index in [-0.39, 0.29) is 30.4 Å². The smallest absolute Gasteiger partial charge is 0.329 e. The molecule has 1 aliphatic rings. The first-order valence-electron chi connectivity index (χ1n) is 8.48. The number of hydrogen-bond acceptors (Lipinski definition) is 5. The van der Waals surface area contributed by atoms with Crippen molar-refractivity contribution in [3.8, 4) is 0 Å². The number of aliphatic carboxylic acids is 1. The van der Waals surface area contributed by atoms with Crippen LogP contribution in [-0.2, 0) is 9.53 Å². The molecule has 1 aromatic rings. The van der Waals surface area contributed by atoms with E-state index in [0.29, 0.717) is 30.6 Å². The number of carboxylic acid groups (broad SMARTS) is 1. The number of ether oxygens (including phenoxy) is 1. The summed E-state index contributed by atoms with van der Waals surface area (Å²) in [5.41, 5.74) is 6.65. The predicted molar refractivity (Wildman–Crippen MR) is 94.1 cm³/mol. The van der Waals surface area contributed by atoms with Gasteiger partial charge in [0.1, 0.15) is 12.4 Å². The number of nitrogens with one attached hydrogen (secondary N) is 1. The number of carbonyl (C=O) groups excluding carboxylic acids is 1. The van der Waals surface area contributed by atoms with E-state index in [1.807, 2.05) is 6.92 Å². The number of carboxylic acids is 1. The Bertz CT molecular complexity index is 622. The number of likely N-dealkylation sites (tertiary alicyclic amines) is 1. The van der Waals surface area contributed by atoms with Crippen LogP contribution in [0.1, 0.15) is 42.1 Å². The molecule has 0 saturated carbocycles. The minimum absolute atomic E-state index is 0.0190. The van der Waals surface area contributed by atoms with Crippen molar-refractivity contribution in [2.75, 3.05) is 19.7 Å². The van der Waals surface area contributed by atoms with Gasteiger partial charge in [-0.1, -0.05) is 31.2 Å². The minimum atomic E-state index is -0.960. The number of carbonyl (C=O) groups is 2. The maximum absolute atomic E-state index is 12.8. The zero-order valence-corrected chi connectivity index (χ0v) is 14.4. The molecule has 7 heteroatoms. The Hall–Kier alpha value is -2.25. The molecule has 0 amide bonds. The van der Waals surface area contributed by atoms with Crippen molar-refractivity contribution in [1.82, 2.24) is 4.90 Å². The molecule has 1 fully saturated rings. The molecule has 0 bridgehead atoms. The molecule has 136 valence electrons. The van der Waals surface area contributed by atoms with E-state index in [1.165, 1.54) is 0 Å². The molecule has 1 saturated heterocycles. The highest BCUT2D eigenvalue weighted by molar-refractivity contribution is 6.01. The van der Waals surface area contributed by atoms with E-state index in [1.54, 1.807) is 24.3 Å². The molecule has 0 aliphatic carbocycles. The maximum Gasteiger partial charge on any atom is 0.329 e. The third kappa shape index (κ3) is 5.11. The van der Waals surface area contributed by atoms with E-state index in [2.05, 4.69) is 4.90 Å². The van der Waals surface area contributed by atoms with E-state index in [9.17, 15) is 9.59 Å². The second-order valence-electron chi connectivity index (χ2n) is 6.22. The Labute approximate surface area is 147 Å². The Balaban J connectivity index is 1.96. The highest BCUT2D eigenvalue weighted by Gasteiger charge is 2.29. The zero-order chi connectivity index (χ0) is 18.4. The number of piperidine rings is 1. The van der Waals surface area contributed by atoms with E-state index in [4.69, 9.17) is 21.0 Å². The quantitative estimate of drug-likeness (QED) is 0.373. The van der Waals surface area contributed by atoms with Gasteiger partial charge in [-0.05, 0) is 19.3 Å². The first kappa shape index (κ1) is 19.1. The fraction of sp³-hybridized carbons (Fsp3) is 0.500. The number of ketones is 1. The molecule has 1 aromatic carbocycles. The van der Waals surface area contributed by atoms with Gasteiger partial charge < -0.3 is 15.6 Å². The number of nitrogens with zero attached hydrogens (tertiary/aromatic N) is 1. The number of rotatable bonds is 8. The summed E-state index contributed by atoms with van der Waals surface area (Å²) in [5, 5.41) is 16.1. The van der Waals surface area contributed by atoms with E-state index >= 15 is 0 Å². The van der Waals surface area contributed by atoms with Gasteiger partial charge in [0.2, 0.25) is 0 Å². The first-order valence-corrected chi connectivity index (χ1v) is 8.48. The van der Waals surface area contributed by atoms with Gasteiger partial charge in [-0.25, -0.2) is 4.79 Å². The van der Waals surface area contributed by atoms with Crippen molar-refractivity contribution in [3.63, 3.8) is 0 Å². The lowest BCUT2D eigenvalue weighted by molar-refractivity contribution is -0.145. The fourth-order valence-corrected chi connectivity index (χ4v) is 3.16. The molecule has 0 spiro atoms. The Morgan fingerprint density at radius 2 is 1.84 bits per heavy atom. The number of nitrogen functional groups attached to an aromatic ring is 1. The van der Waals surface area contributed by atoms with Crippen LogP contribution in [0.3, 0.4) is 0 Å². The lowest BCUT2D eigenvalue weighted by atomic mass is 9.96. The molecular formula is C18H25N3O4. The van der Waals surface area contributed by atoms with Gasteiger partial charge in [-0.15, -0.1) is 0 Å². The minimum Gasteiger partial charge on any atom is -0.480 e. The predicted octanol–water partition coefficient (Wildman–Crippen LogP) is 1.50. The van der Waals surface area contributed by atoms with Crippen molar-refractivity contribution >= 4 is 17.6 Å². The van der Waals surface area contributed by atoms with Gasteiger partial charge in [0, 0.05) is 24.2 Å². The standard InChI is InChI=1S/C18H25N3O4/c1-2-15(17(24)12-3-5-13(6-4-12)18(19)20)21-9-7-14(8-10-21)25-11-16(22)23/h3-6,14-15H,2,7-11H2,1H3,(H3,19,20)(H,22,23). The van der Waals surface area contributed by atoms with Crippen molar-refractivity contribution in [1.29, 1.82) is 5.41 Å². The molecule has 1 atom stereocenters. The summed E-state index contributed by atoms with van der Waals surface area (Å²) in [6.45, 7) is 3.13. The summed E-state index contributed by atoms with van der Waals surface area (Å²) in [4.78, 5) is 25.5. The largest absolute Gasteiger partial charge is 0.480 e. The number of hydrogen-bond donors (Lipinski definition) is 3. The number of nitrogens with two attached hydrogens (primary N) is 1. The SMILES string of the molecule is CCC(C(=O)c1ccc(C(=N)N)cc1)N1CCC(OCC(=O)O)CC1. The van der Waals surface area contributed by atoms with Crippen LogP contribution in [0.5, 0.6) is 0 Å². The van der Waals surface area contributed by atoms with Gasteiger partial charge in [0.15, 0.2) is 5.78 Å². The van der Waals surface area contributed by atoms with Crippen LogP contribution < -0.4 is 5.73 Å². The number of Topliss-reactive ketones (excluding diaryl/α,β-unsaturated/α-hetero) is 1. The van der Waals surface area contributed by atoms with Crippen LogP contribution >= 0.6 is 0 Å². The van der Waals surface area contributed by atoms with Crippen LogP contribution in [0.25, 0.3) is 0 Å². The highest BCUT2D eigenvalue weighted by atomic mass is 16.5. The third-order valence-corrected chi connectivity index (χ3v) is 4.53. The van der Waals surface area contributed by atoms with Crippen LogP contribution in [0.4, 0.5) is 0 Å². The highest BCUT2D eigenvalue weighted by Crippen LogP contribution is 2.20. The summed E-state index contributed by atoms with van der Waals surface area (Å²) < 4.78 is 5.34. The average molecular weight is 347 g/mol. The number of amidine groups is 1. The molecule has 25 heavy (non-hydrogen) atoms. The average Bonchev–Trinajstić information content (AvgIpc) is 2.61. The molecular weight excluding hydrogens is 322 g/mol. The van der Waals surface area contributed by atoms with Crippen molar-refractivity contribution in [2.24, 2.45) is 5.73 Å². The first-order chi connectivity index (χ1) is 11.9. The summed E-state index contributed by atoms with van der Waals surface area (Å²) in [6.07, 6.45) is 2.09. The topological polar surface area (TPSA) is 117 Å². The Kier molecular flexibility index (Phi) is 6.66. The second-order valence-corrected chi connectivity index (χ2v) is 6.22. The van der Waals surface area contributed by atoms with Crippen LogP contribution in [0.15, 0.2) is 24.3 Å². The second kappa shape index (κ2) is 8.73. The van der Waals surface area contributed by atoms with Crippen LogP contribution in [0, 0.1) is 5.41 Å². The van der Waals surface area contributed by atoms with E-state index < -0.39 is 5.97 Å². The monoisotopic (exact) mass is 347 g/mol. The number of benzene rings is 1. The van der Waals surface area contributed by atoms with Gasteiger partial charge in [-0.2, -0.15) is 0 Å². The lowest BCUT2D eigenvalue weighted by Crippen LogP contribution is -2.47. The van der Waals surface area contributed by atoms with Gasteiger partial charge in [-0.3, -0.25) is 15.1 Å². The molecule has 2 rings (SSSR count). The third-order valence-electron chi connectivity index (χ3n) is 4.53. The lowest BCUT2D eigenvalue weighted by Gasteiger charge is -2.36. The molecule has 1 unspecified atom stereocenters. The van der Waals surface area contributed by atoms with Crippen molar-refractivity contribution < 1.29 is 19.4 Å². The molecule has 1 heterocycles. The van der Waals surface area contributed by atoms with Gasteiger partial charge in [0.25, 0.3) is 0 Å². The maximum atomic E-state index is 12.8. The summed E-state index contributed by atoms with van der Waals surface area (Å²) >= 11 is 0. The van der Waals surface area contributed by atoms with E-state index in [0.717, 1.165) is 12.8 Å². The molecule has 0 aromatic heterocycles. The van der Waals surface area contributed by atoms with Crippen LogP contribution in [-0.4, -0.2) is 59.4 Å². The fourth-order valence-electron chi connectivity index (χ4n) is 3.16. The Morgan fingerprint density at radius 3 is 2.32 bits per heavy atom. The molecule has 4 N–H and O–H groups in total. The summed E-state index contributed by atoms with van der Waals surface area (Å²) in [7, 11) is 0. The van der Waals surface area contributed by atoms with Crippen LogP contribution in [0.2, 0.25) is 0 Å². The molecule has 7 nitrogen and oxygen atoms in total. The van der Waals surface area contributed by atoms with Crippen molar-refractivity contribution in [2.45, 2.75) is 38.3 Å². The van der Waals surface area contributed by atoms with Crippen molar-refractivity contribution in [3.05, 3.63) is 35.4 Å². The van der Waals surface area contributed by atoms with Gasteiger partial charge in [0.05, 0.1) is 12.1 Å². The Morgan fingerprint density at radius 1 is 1.28 bits per heavy atom. The summed E-state index contributed by atoms with van der Waals surface area (Å²) in [5.74, 6) is -0.921. The normalized spacial score (nSPS) is 17.2. The summed E-state index contributed by atoms with van der Waals surface area (Å²) in [6, 6.07) is 6.60.